The summed E-state index contributed by atoms with van der Waals surface area (Å²) in [5.74, 6) is -0.628. The zero-order valence-electron chi connectivity index (χ0n) is 15.0. The highest BCUT2D eigenvalue weighted by Crippen LogP contribution is 2.39. The Kier molecular flexibility index (Phi) is 4.26. The molecule has 2 aromatic carbocycles. The zero-order chi connectivity index (χ0) is 19.0. The van der Waals surface area contributed by atoms with Crippen molar-refractivity contribution in [3.63, 3.8) is 0 Å². The number of rotatable bonds is 3. The van der Waals surface area contributed by atoms with E-state index in [0.29, 0.717) is 10.8 Å². The van der Waals surface area contributed by atoms with Crippen molar-refractivity contribution in [2.24, 2.45) is 7.05 Å². The summed E-state index contributed by atoms with van der Waals surface area (Å²) >= 11 is 0. The van der Waals surface area contributed by atoms with Gasteiger partial charge in [-0.05, 0) is 36.6 Å². The molecule has 1 aliphatic carbocycles. The van der Waals surface area contributed by atoms with E-state index >= 15 is 0 Å². The van der Waals surface area contributed by atoms with Crippen LogP contribution in [0, 0.1) is 5.82 Å². The van der Waals surface area contributed by atoms with Crippen LogP contribution in [0.2, 0.25) is 0 Å². The van der Waals surface area contributed by atoms with E-state index in [2.05, 4.69) is 10.4 Å². The number of hydrogen-bond acceptors (Lipinski definition) is 3. The zero-order valence-corrected chi connectivity index (χ0v) is 15.0. The fourth-order valence-electron chi connectivity index (χ4n) is 3.98. The summed E-state index contributed by atoms with van der Waals surface area (Å²) in [6.45, 7) is 0. The second kappa shape index (κ2) is 6.61. The third-order valence-electron chi connectivity index (χ3n) is 5.38. The van der Waals surface area contributed by atoms with Gasteiger partial charge >= 0.3 is 0 Å². The third-order valence-corrected chi connectivity index (χ3v) is 5.38. The molecule has 27 heavy (non-hydrogen) atoms. The first-order chi connectivity index (χ1) is 13.0. The van der Waals surface area contributed by atoms with E-state index < -0.39 is 5.54 Å². The Morgan fingerprint density at radius 3 is 2.37 bits per heavy atom. The monoisotopic (exact) mass is 365 g/mol. The Hall–Kier alpha value is -3.02. The maximum absolute atomic E-state index is 13.4. The molecule has 0 atom stereocenters. The Morgan fingerprint density at radius 1 is 1.07 bits per heavy atom. The molecular formula is C21H20FN3O2. The number of nitrogens with zero attached hydrogens (tertiary/aromatic N) is 2. The quantitative estimate of drug-likeness (QED) is 0.775. The molecule has 0 unspecified atom stereocenters. The molecule has 1 heterocycles. The van der Waals surface area contributed by atoms with Gasteiger partial charge in [0.15, 0.2) is 5.69 Å². The fraction of sp³-hybridized carbons (Fsp3) is 0.286. The van der Waals surface area contributed by atoms with Crippen LogP contribution in [0.4, 0.5) is 4.39 Å². The minimum absolute atomic E-state index is 0.223. The van der Waals surface area contributed by atoms with Crippen LogP contribution >= 0.6 is 0 Å². The molecule has 5 nitrogen and oxygen atoms in total. The van der Waals surface area contributed by atoms with Gasteiger partial charge in [0.2, 0.25) is 0 Å². The molecule has 1 saturated carbocycles. The predicted octanol–water partition coefficient (Wildman–Crippen LogP) is 3.27. The van der Waals surface area contributed by atoms with Crippen LogP contribution in [0.1, 0.15) is 41.7 Å². The van der Waals surface area contributed by atoms with Crippen LogP contribution in [0.15, 0.2) is 53.3 Å². The Bertz CT molecular complexity index is 1070. The molecule has 4 rings (SSSR count). The summed E-state index contributed by atoms with van der Waals surface area (Å²) in [5, 5.41) is 8.35. The van der Waals surface area contributed by atoms with E-state index in [1.54, 1.807) is 36.4 Å². The van der Waals surface area contributed by atoms with Gasteiger partial charge in [0.25, 0.3) is 11.5 Å². The topological polar surface area (TPSA) is 64.0 Å². The first kappa shape index (κ1) is 17.4. The highest BCUT2D eigenvalue weighted by Gasteiger charge is 2.38. The number of aryl methyl sites for hydroxylation is 1. The Morgan fingerprint density at radius 2 is 1.70 bits per heavy atom. The second-order valence-corrected chi connectivity index (χ2v) is 7.07. The van der Waals surface area contributed by atoms with Crippen LogP contribution in [-0.2, 0) is 12.6 Å². The molecule has 0 saturated heterocycles. The normalized spacial score (nSPS) is 15.8. The lowest BCUT2D eigenvalue weighted by atomic mass is 9.88. The summed E-state index contributed by atoms with van der Waals surface area (Å²) in [6.07, 6.45) is 3.54. The lowest BCUT2D eigenvalue weighted by Gasteiger charge is -2.31. The van der Waals surface area contributed by atoms with E-state index in [1.165, 1.54) is 23.9 Å². The van der Waals surface area contributed by atoms with Gasteiger partial charge < -0.3 is 5.32 Å². The molecule has 0 spiro atoms. The van der Waals surface area contributed by atoms with Crippen LogP contribution in [0.3, 0.4) is 0 Å². The molecular weight excluding hydrogens is 345 g/mol. The van der Waals surface area contributed by atoms with E-state index in [1.807, 2.05) is 0 Å². The minimum atomic E-state index is -0.539. The average Bonchev–Trinajstić information content (AvgIpc) is 3.14. The second-order valence-electron chi connectivity index (χ2n) is 7.07. The van der Waals surface area contributed by atoms with Crippen molar-refractivity contribution in [1.82, 2.24) is 15.1 Å². The number of fused-ring (bicyclic) bond motifs is 1. The number of amides is 1. The Labute approximate surface area is 155 Å². The fourth-order valence-corrected chi connectivity index (χ4v) is 3.98. The van der Waals surface area contributed by atoms with Gasteiger partial charge in [0.05, 0.1) is 10.9 Å². The minimum Gasteiger partial charge on any atom is -0.341 e. The van der Waals surface area contributed by atoms with Crippen molar-refractivity contribution in [3.8, 4) is 0 Å². The molecule has 3 aromatic rings. The maximum Gasteiger partial charge on any atom is 0.274 e. The SMILES string of the molecule is Cn1nc(C(=O)NC2(c3ccc(F)cc3)CCCC2)c2ccccc2c1=O. The van der Waals surface area contributed by atoms with Crippen molar-refractivity contribution in [2.45, 2.75) is 31.2 Å². The molecule has 1 aliphatic rings. The molecule has 0 aliphatic heterocycles. The van der Waals surface area contributed by atoms with Crippen molar-refractivity contribution in [3.05, 3.63) is 76.0 Å². The molecule has 1 fully saturated rings. The molecule has 6 heteroatoms. The molecule has 1 amide bonds. The van der Waals surface area contributed by atoms with E-state index in [-0.39, 0.29) is 23.0 Å². The van der Waals surface area contributed by atoms with Crippen molar-refractivity contribution < 1.29 is 9.18 Å². The summed E-state index contributed by atoms with van der Waals surface area (Å²) in [5.41, 5.74) is 0.337. The smallest absolute Gasteiger partial charge is 0.274 e. The molecule has 1 N–H and O–H groups in total. The number of benzene rings is 2. The van der Waals surface area contributed by atoms with Gasteiger partial charge in [-0.15, -0.1) is 0 Å². The van der Waals surface area contributed by atoms with E-state index in [4.69, 9.17) is 0 Å². The van der Waals surface area contributed by atoms with Gasteiger partial charge in [-0.25, -0.2) is 9.07 Å². The van der Waals surface area contributed by atoms with Crippen molar-refractivity contribution in [2.75, 3.05) is 0 Å². The third kappa shape index (κ3) is 3.01. The van der Waals surface area contributed by atoms with E-state index in [9.17, 15) is 14.0 Å². The molecule has 0 radical (unpaired) electrons. The van der Waals surface area contributed by atoms with Crippen molar-refractivity contribution >= 4 is 16.7 Å². The number of halogens is 1. The number of aromatic nitrogens is 2. The van der Waals surface area contributed by atoms with E-state index in [0.717, 1.165) is 31.2 Å². The van der Waals surface area contributed by atoms with Gasteiger partial charge in [-0.3, -0.25) is 9.59 Å². The van der Waals surface area contributed by atoms with Gasteiger partial charge in [-0.1, -0.05) is 43.2 Å². The van der Waals surface area contributed by atoms with Crippen LogP contribution < -0.4 is 10.9 Å². The number of nitrogens with one attached hydrogen (secondary N) is 1. The van der Waals surface area contributed by atoms with Gasteiger partial charge in [-0.2, -0.15) is 5.10 Å². The highest BCUT2D eigenvalue weighted by molar-refractivity contribution is 6.05. The molecule has 1 aromatic heterocycles. The molecule has 138 valence electrons. The highest BCUT2D eigenvalue weighted by atomic mass is 19.1. The first-order valence-corrected chi connectivity index (χ1v) is 9.05. The summed E-state index contributed by atoms with van der Waals surface area (Å²) < 4.78 is 14.5. The largest absolute Gasteiger partial charge is 0.341 e. The van der Waals surface area contributed by atoms with Crippen LogP contribution in [0.5, 0.6) is 0 Å². The first-order valence-electron chi connectivity index (χ1n) is 9.05. The number of carbonyl (C=O) groups is 1. The van der Waals surface area contributed by atoms with Gasteiger partial charge in [0, 0.05) is 12.4 Å². The summed E-state index contributed by atoms with van der Waals surface area (Å²) in [7, 11) is 1.54. The van der Waals surface area contributed by atoms with Crippen molar-refractivity contribution in [1.29, 1.82) is 0 Å². The lowest BCUT2D eigenvalue weighted by molar-refractivity contribution is 0.0892. The van der Waals surface area contributed by atoms with Crippen LogP contribution in [0.25, 0.3) is 10.8 Å². The lowest BCUT2D eigenvalue weighted by Crippen LogP contribution is -2.44. The molecule has 0 bridgehead atoms. The van der Waals surface area contributed by atoms with Gasteiger partial charge in [0.1, 0.15) is 5.82 Å². The summed E-state index contributed by atoms with van der Waals surface area (Å²) in [6, 6.07) is 13.3. The maximum atomic E-state index is 13.4. The number of hydrogen-bond donors (Lipinski definition) is 1. The predicted molar refractivity (Wildman–Crippen MR) is 101 cm³/mol. The summed E-state index contributed by atoms with van der Waals surface area (Å²) in [4.78, 5) is 25.5. The van der Waals surface area contributed by atoms with Crippen LogP contribution in [-0.4, -0.2) is 15.7 Å². The Balaban J connectivity index is 1.77. The standard InChI is InChI=1S/C21H20FN3O2/c1-25-20(27)17-7-3-2-6-16(17)18(24-25)19(26)23-21(12-4-5-13-21)14-8-10-15(22)11-9-14/h2-3,6-11H,4-5,12-13H2,1H3,(H,23,26). The average molecular weight is 365 g/mol. The number of carbonyl (C=O) groups excluding carboxylic acids is 1.